The van der Waals surface area contributed by atoms with Gasteiger partial charge in [0.1, 0.15) is 5.82 Å². The largest absolute Gasteiger partial charge is 0.370 e. The van der Waals surface area contributed by atoms with Gasteiger partial charge in [-0.05, 0) is 46.6 Å². The summed E-state index contributed by atoms with van der Waals surface area (Å²) in [5.74, 6) is 1.57. The molecule has 0 aromatic carbocycles. The lowest BCUT2D eigenvalue weighted by Crippen LogP contribution is -2.03. The van der Waals surface area contributed by atoms with E-state index >= 15 is 0 Å². The zero-order valence-electron chi connectivity index (χ0n) is 11.1. The number of rotatable bonds is 6. The number of pyridine rings is 2. The number of hydrogen-bond acceptors (Lipinski definition) is 4. The van der Waals surface area contributed by atoms with Gasteiger partial charge in [-0.3, -0.25) is 0 Å². The number of halogens is 2. The summed E-state index contributed by atoms with van der Waals surface area (Å²) in [6.07, 6.45) is 2.85. The molecule has 2 rings (SSSR count). The Morgan fingerprint density at radius 3 is 2.85 bits per heavy atom. The van der Waals surface area contributed by atoms with Crippen LogP contribution in [0.1, 0.15) is 19.0 Å². The van der Waals surface area contributed by atoms with E-state index in [2.05, 4.69) is 38.1 Å². The first-order chi connectivity index (χ1) is 9.69. The Hall–Kier alpha value is -0.780. The molecule has 0 aliphatic carbocycles. The van der Waals surface area contributed by atoms with Gasteiger partial charge in [0.15, 0.2) is 0 Å². The number of thioether (sulfide) groups is 1. The van der Waals surface area contributed by atoms with E-state index in [1.807, 2.05) is 24.3 Å². The van der Waals surface area contributed by atoms with Gasteiger partial charge in [0.05, 0.1) is 15.7 Å². The highest BCUT2D eigenvalue weighted by molar-refractivity contribution is 9.10. The SMILES string of the molecule is CCCNc1ccc(Cl)c(CSc2ccc(Br)cn2)n1. The summed E-state index contributed by atoms with van der Waals surface area (Å²) in [4.78, 5) is 8.87. The minimum atomic E-state index is 0.691. The minimum absolute atomic E-state index is 0.691. The third kappa shape index (κ3) is 4.65. The third-order valence-corrected chi connectivity index (χ3v) is 4.30. The Morgan fingerprint density at radius 2 is 2.15 bits per heavy atom. The molecule has 3 nitrogen and oxygen atoms in total. The van der Waals surface area contributed by atoms with Gasteiger partial charge in [-0.15, -0.1) is 0 Å². The molecule has 2 aromatic heterocycles. The topological polar surface area (TPSA) is 37.8 Å². The number of hydrogen-bond donors (Lipinski definition) is 1. The Morgan fingerprint density at radius 1 is 1.30 bits per heavy atom. The van der Waals surface area contributed by atoms with Gasteiger partial charge >= 0.3 is 0 Å². The highest BCUT2D eigenvalue weighted by Crippen LogP contribution is 2.26. The predicted octanol–water partition coefficient (Wildman–Crippen LogP) is 5.01. The van der Waals surface area contributed by atoms with Crippen LogP contribution in [0.15, 0.2) is 40.0 Å². The fourth-order valence-electron chi connectivity index (χ4n) is 1.53. The van der Waals surface area contributed by atoms with Crippen molar-refractivity contribution in [2.24, 2.45) is 0 Å². The van der Waals surface area contributed by atoms with Gasteiger partial charge in [-0.2, -0.15) is 0 Å². The summed E-state index contributed by atoms with van der Waals surface area (Å²) in [5.41, 5.74) is 0.877. The Balaban J connectivity index is 2.02. The summed E-state index contributed by atoms with van der Waals surface area (Å²) in [6, 6.07) is 7.74. The minimum Gasteiger partial charge on any atom is -0.370 e. The summed E-state index contributed by atoms with van der Waals surface area (Å²) in [5, 5.41) is 4.91. The maximum atomic E-state index is 6.19. The van der Waals surface area contributed by atoms with E-state index in [9.17, 15) is 0 Å². The van der Waals surface area contributed by atoms with E-state index in [1.165, 1.54) is 0 Å². The second kappa shape index (κ2) is 7.86. The van der Waals surface area contributed by atoms with Gasteiger partial charge in [0, 0.05) is 23.0 Å². The lowest BCUT2D eigenvalue weighted by molar-refractivity contribution is 0.965. The molecule has 0 atom stereocenters. The van der Waals surface area contributed by atoms with Crippen LogP contribution in [-0.4, -0.2) is 16.5 Å². The zero-order chi connectivity index (χ0) is 14.4. The molecule has 0 radical (unpaired) electrons. The molecule has 106 valence electrons. The normalized spacial score (nSPS) is 10.6. The van der Waals surface area contributed by atoms with E-state index in [0.29, 0.717) is 10.8 Å². The third-order valence-electron chi connectivity index (χ3n) is 2.53. The van der Waals surface area contributed by atoms with E-state index in [1.54, 1.807) is 18.0 Å². The van der Waals surface area contributed by atoms with E-state index < -0.39 is 0 Å². The molecule has 20 heavy (non-hydrogen) atoms. The highest BCUT2D eigenvalue weighted by atomic mass is 79.9. The van der Waals surface area contributed by atoms with Gasteiger partial charge in [-0.25, -0.2) is 9.97 Å². The van der Waals surface area contributed by atoms with Crippen LogP contribution in [0.3, 0.4) is 0 Å². The van der Waals surface area contributed by atoms with Crippen LogP contribution in [0.5, 0.6) is 0 Å². The molecule has 2 aromatic rings. The summed E-state index contributed by atoms with van der Waals surface area (Å²) < 4.78 is 0.976. The second-order valence-electron chi connectivity index (χ2n) is 4.16. The first-order valence-corrected chi connectivity index (χ1v) is 8.48. The second-order valence-corrected chi connectivity index (χ2v) is 6.47. The Labute approximate surface area is 136 Å². The van der Waals surface area contributed by atoms with Crippen molar-refractivity contribution >= 4 is 45.1 Å². The number of anilines is 1. The first-order valence-electron chi connectivity index (χ1n) is 6.32. The molecule has 2 heterocycles. The molecule has 0 aliphatic rings. The van der Waals surface area contributed by atoms with Crippen molar-refractivity contribution in [2.75, 3.05) is 11.9 Å². The lowest BCUT2D eigenvalue weighted by Gasteiger charge is -2.08. The lowest BCUT2D eigenvalue weighted by atomic mass is 10.3. The molecule has 0 spiro atoms. The predicted molar refractivity (Wildman–Crippen MR) is 89.5 cm³/mol. The zero-order valence-corrected chi connectivity index (χ0v) is 14.2. The molecule has 0 amide bonds. The maximum Gasteiger partial charge on any atom is 0.126 e. The quantitative estimate of drug-likeness (QED) is 0.724. The van der Waals surface area contributed by atoms with Crippen molar-refractivity contribution in [2.45, 2.75) is 24.1 Å². The van der Waals surface area contributed by atoms with Gasteiger partial charge in [-0.1, -0.05) is 30.3 Å². The van der Waals surface area contributed by atoms with Crippen molar-refractivity contribution < 1.29 is 0 Å². The summed E-state index contributed by atoms with van der Waals surface area (Å²) >= 11 is 11.2. The van der Waals surface area contributed by atoms with Crippen molar-refractivity contribution in [3.05, 3.63) is 45.7 Å². The molecule has 1 N–H and O–H groups in total. The van der Waals surface area contributed by atoms with Gasteiger partial charge in [0.2, 0.25) is 0 Å². The smallest absolute Gasteiger partial charge is 0.126 e. The molecule has 0 bridgehead atoms. The van der Waals surface area contributed by atoms with Crippen molar-refractivity contribution in [1.29, 1.82) is 0 Å². The van der Waals surface area contributed by atoms with E-state index in [4.69, 9.17) is 11.6 Å². The first kappa shape index (κ1) is 15.6. The molecule has 0 unspecified atom stereocenters. The fraction of sp³-hybridized carbons (Fsp3) is 0.286. The van der Waals surface area contributed by atoms with Gasteiger partial charge < -0.3 is 5.32 Å². The molecular weight excluding hydrogens is 358 g/mol. The Kier molecular flexibility index (Phi) is 6.13. The molecule has 6 heteroatoms. The highest BCUT2D eigenvalue weighted by Gasteiger charge is 2.05. The maximum absolute atomic E-state index is 6.19. The van der Waals surface area contributed by atoms with Crippen LogP contribution < -0.4 is 5.32 Å². The molecular formula is C14H15BrClN3S. The van der Waals surface area contributed by atoms with Crippen LogP contribution in [0.25, 0.3) is 0 Å². The van der Waals surface area contributed by atoms with Crippen molar-refractivity contribution in [1.82, 2.24) is 9.97 Å². The van der Waals surface area contributed by atoms with Gasteiger partial charge in [0.25, 0.3) is 0 Å². The van der Waals surface area contributed by atoms with E-state index in [0.717, 1.165) is 34.0 Å². The fourth-order valence-corrected chi connectivity index (χ4v) is 2.81. The number of aromatic nitrogens is 2. The molecule has 0 fully saturated rings. The van der Waals surface area contributed by atoms with Crippen molar-refractivity contribution in [3.8, 4) is 0 Å². The summed E-state index contributed by atoms with van der Waals surface area (Å²) in [7, 11) is 0. The van der Waals surface area contributed by atoms with Crippen molar-refractivity contribution in [3.63, 3.8) is 0 Å². The van der Waals surface area contributed by atoms with Crippen LogP contribution >= 0.6 is 39.3 Å². The van der Waals surface area contributed by atoms with Crippen LogP contribution in [0, 0.1) is 0 Å². The van der Waals surface area contributed by atoms with Crippen LogP contribution in [0.4, 0.5) is 5.82 Å². The average molecular weight is 373 g/mol. The number of nitrogens with one attached hydrogen (secondary N) is 1. The monoisotopic (exact) mass is 371 g/mol. The van der Waals surface area contributed by atoms with E-state index in [-0.39, 0.29) is 0 Å². The molecule has 0 saturated heterocycles. The number of nitrogens with zero attached hydrogens (tertiary/aromatic N) is 2. The average Bonchev–Trinajstić information content (AvgIpc) is 2.46. The Bertz CT molecular complexity index is 563. The van der Waals surface area contributed by atoms with Crippen LogP contribution in [0.2, 0.25) is 5.02 Å². The van der Waals surface area contributed by atoms with Crippen LogP contribution in [-0.2, 0) is 5.75 Å². The summed E-state index contributed by atoms with van der Waals surface area (Å²) in [6.45, 7) is 3.04. The molecule has 0 aliphatic heterocycles. The standard InChI is InChI=1S/C14H15BrClN3S/c1-2-7-17-13-5-4-11(16)12(19-13)9-20-14-6-3-10(15)8-18-14/h3-6,8H,2,7,9H2,1H3,(H,17,19). The molecule has 0 saturated carbocycles.